The number of rotatable bonds is 17. The van der Waals surface area contributed by atoms with E-state index >= 15 is 0 Å². The van der Waals surface area contributed by atoms with Gasteiger partial charge in [0.2, 0.25) is 17.7 Å². The lowest BCUT2D eigenvalue weighted by molar-refractivity contribution is -0.147. The maximum Gasteiger partial charge on any atom is 0.326 e. The monoisotopic (exact) mass is 599 g/mol. The number of nitrogens with two attached hydrogens (primary N) is 1. The number of methoxy groups -OCH3 is 1. The second kappa shape index (κ2) is 17.3. The molecule has 5 atom stereocenters. The summed E-state index contributed by atoms with van der Waals surface area (Å²) in [7, 11) is 3.24. The van der Waals surface area contributed by atoms with Crippen LogP contribution in [0.25, 0.3) is 0 Å². The van der Waals surface area contributed by atoms with E-state index in [2.05, 4.69) is 25.9 Å². The van der Waals surface area contributed by atoms with Gasteiger partial charge in [-0.1, -0.05) is 30.3 Å². The van der Waals surface area contributed by atoms with Gasteiger partial charge in [0.25, 0.3) is 0 Å². The first-order valence-electron chi connectivity index (χ1n) is 14.8. The topological polar surface area (TPSA) is 192 Å². The molecule has 3 rings (SSSR count). The first-order chi connectivity index (χ1) is 20.8. The lowest BCUT2D eigenvalue weighted by atomic mass is 9.93. The number of H-pyrrole nitrogens is 1. The summed E-state index contributed by atoms with van der Waals surface area (Å²) in [4.78, 5) is 60.8. The smallest absolute Gasteiger partial charge is 0.326 e. The fraction of sp³-hybridized carbons (Fsp3) is 0.567. The van der Waals surface area contributed by atoms with Gasteiger partial charge in [-0.3, -0.25) is 14.4 Å². The molecule has 0 bridgehead atoms. The molecule has 0 saturated carbocycles. The molecule has 13 nitrogen and oxygen atoms in total. The minimum Gasteiger partial charge on any atom is -0.480 e. The van der Waals surface area contributed by atoms with E-state index in [-0.39, 0.29) is 24.7 Å². The fourth-order valence-corrected chi connectivity index (χ4v) is 5.47. The van der Waals surface area contributed by atoms with E-state index in [9.17, 15) is 24.3 Å². The number of piperidine rings is 1. The van der Waals surface area contributed by atoms with Gasteiger partial charge in [-0.2, -0.15) is 0 Å². The summed E-state index contributed by atoms with van der Waals surface area (Å²) in [5.74, 6) is -2.29. The maximum absolute atomic E-state index is 14.1. The minimum atomic E-state index is -1.18. The molecule has 1 fully saturated rings. The molecule has 0 radical (unpaired) electrons. The molecule has 1 aromatic carbocycles. The molecule has 0 unspecified atom stereocenters. The van der Waals surface area contributed by atoms with Crippen LogP contribution >= 0.6 is 0 Å². The van der Waals surface area contributed by atoms with E-state index in [0.717, 1.165) is 5.56 Å². The summed E-state index contributed by atoms with van der Waals surface area (Å²) in [5.41, 5.74) is 7.26. The van der Waals surface area contributed by atoms with Crippen LogP contribution in [0.2, 0.25) is 0 Å². The van der Waals surface area contributed by atoms with Crippen molar-refractivity contribution in [3.63, 3.8) is 0 Å². The van der Waals surface area contributed by atoms with Crippen LogP contribution in [0.3, 0.4) is 0 Å². The normalized spacial score (nSPS) is 18.8. The average Bonchev–Trinajstić information content (AvgIpc) is 3.52. The van der Waals surface area contributed by atoms with Crippen LogP contribution in [0.15, 0.2) is 42.9 Å². The molecule has 1 aliphatic heterocycles. The predicted octanol–water partition coefficient (Wildman–Crippen LogP) is 0.362. The Labute approximate surface area is 252 Å². The molecule has 13 heteroatoms. The summed E-state index contributed by atoms with van der Waals surface area (Å²) in [6.45, 7) is 0.847. The lowest BCUT2D eigenvalue weighted by Crippen LogP contribution is -2.60. The van der Waals surface area contributed by atoms with Gasteiger partial charge in [-0.05, 0) is 57.7 Å². The van der Waals surface area contributed by atoms with Crippen LogP contribution in [0.5, 0.6) is 0 Å². The Morgan fingerprint density at radius 3 is 2.51 bits per heavy atom. The highest BCUT2D eigenvalue weighted by Crippen LogP contribution is 2.25. The fourth-order valence-electron chi connectivity index (χ4n) is 5.47. The first-order valence-corrected chi connectivity index (χ1v) is 14.8. The van der Waals surface area contributed by atoms with E-state index in [1.165, 1.54) is 19.6 Å². The van der Waals surface area contributed by atoms with Gasteiger partial charge >= 0.3 is 5.97 Å². The highest BCUT2D eigenvalue weighted by Gasteiger charge is 2.39. The molecular weight excluding hydrogens is 554 g/mol. The molecule has 1 aliphatic rings. The predicted molar refractivity (Wildman–Crippen MR) is 160 cm³/mol. The molecular formula is C30H45N7O6. The van der Waals surface area contributed by atoms with Gasteiger partial charge in [0, 0.05) is 38.4 Å². The zero-order valence-electron chi connectivity index (χ0n) is 25.0. The van der Waals surface area contributed by atoms with Crippen molar-refractivity contribution in [2.75, 3.05) is 27.2 Å². The van der Waals surface area contributed by atoms with Gasteiger partial charge in [-0.15, -0.1) is 0 Å². The number of carbonyl (C=O) groups excluding carboxylic acids is 3. The van der Waals surface area contributed by atoms with E-state index in [0.29, 0.717) is 57.3 Å². The number of aromatic nitrogens is 2. The molecule has 236 valence electrons. The second-order valence-electron chi connectivity index (χ2n) is 10.8. The molecule has 0 aliphatic carbocycles. The number of carboxylic acids is 1. The number of hydrogen-bond donors (Lipinski definition) is 6. The summed E-state index contributed by atoms with van der Waals surface area (Å²) >= 11 is 0. The number of unbranched alkanes of at least 4 members (excludes halogenated alkanes) is 1. The number of amides is 3. The number of aromatic amines is 1. The third kappa shape index (κ3) is 10.2. The average molecular weight is 600 g/mol. The summed E-state index contributed by atoms with van der Waals surface area (Å²) < 4.78 is 5.69. The van der Waals surface area contributed by atoms with Crippen molar-refractivity contribution in [3.8, 4) is 0 Å². The number of likely N-dealkylation sites (N-methyl/N-ethyl adjacent to an activating group) is 1. The first kappa shape index (κ1) is 33.7. The largest absolute Gasteiger partial charge is 0.480 e. The molecule has 3 amide bonds. The third-order valence-electron chi connectivity index (χ3n) is 7.82. The van der Waals surface area contributed by atoms with Gasteiger partial charge in [-0.25, -0.2) is 9.78 Å². The number of nitrogens with one attached hydrogen (secondary N) is 4. The van der Waals surface area contributed by atoms with Crippen molar-refractivity contribution >= 4 is 23.7 Å². The zero-order chi connectivity index (χ0) is 31.2. The van der Waals surface area contributed by atoms with Gasteiger partial charge in [0.05, 0.1) is 24.5 Å². The van der Waals surface area contributed by atoms with Crippen molar-refractivity contribution in [1.82, 2.24) is 30.8 Å². The minimum absolute atomic E-state index is 0.0347. The highest BCUT2D eigenvalue weighted by molar-refractivity contribution is 5.91. The summed E-state index contributed by atoms with van der Waals surface area (Å²) in [5, 5.41) is 18.3. The van der Waals surface area contributed by atoms with Crippen molar-refractivity contribution < 1.29 is 29.0 Å². The number of likely N-dealkylation sites (tertiary alicyclic amines) is 1. The standard InChI is InChI=1S/C30H45N7O6/c1-32-23(15-20-9-4-3-5-10-20)28(39)36-22(11-6-7-13-31)29(40)37-14-8-12-26(43-2)25(37)17-27(38)35-24(30(41)42)16-21-18-33-19-34-21/h3-5,9-10,18-19,22-26,32H,6-8,11-17,31H2,1-2H3,(H,33,34)(H,35,38)(H,36,39)(H,41,42)/t22-,23+,24-,25+,26+/m0/s1. The van der Waals surface area contributed by atoms with Crippen LogP contribution < -0.4 is 21.7 Å². The molecule has 1 aromatic heterocycles. The zero-order valence-corrected chi connectivity index (χ0v) is 25.0. The lowest BCUT2D eigenvalue weighted by Gasteiger charge is -2.42. The number of nitrogens with zero attached hydrogens (tertiary/aromatic N) is 2. The summed E-state index contributed by atoms with van der Waals surface area (Å²) in [6.07, 6.45) is 5.87. The molecule has 2 heterocycles. The van der Waals surface area contributed by atoms with Crippen LogP contribution in [-0.4, -0.2) is 101 Å². The van der Waals surface area contributed by atoms with Crippen molar-refractivity contribution in [2.24, 2.45) is 5.73 Å². The van der Waals surface area contributed by atoms with Gasteiger partial charge in [0.15, 0.2) is 0 Å². The Bertz CT molecular complexity index is 1160. The number of carbonyl (C=O) groups is 4. The number of carboxylic acid groups (broad SMARTS) is 1. The van der Waals surface area contributed by atoms with Crippen LogP contribution in [0, 0.1) is 0 Å². The number of aliphatic carboxylic acids is 1. The Morgan fingerprint density at radius 1 is 1.12 bits per heavy atom. The Morgan fingerprint density at radius 2 is 1.88 bits per heavy atom. The van der Waals surface area contributed by atoms with E-state index in [1.54, 1.807) is 11.9 Å². The number of imidazole rings is 1. The molecule has 43 heavy (non-hydrogen) atoms. The molecule has 1 saturated heterocycles. The Hall–Kier alpha value is -3.81. The third-order valence-corrected chi connectivity index (χ3v) is 7.82. The quantitative estimate of drug-likeness (QED) is 0.139. The SMILES string of the molecule is CN[C@H](Cc1ccccc1)C(=O)N[C@@H](CCCCN)C(=O)N1CCC[C@@H](OC)[C@H]1CC(=O)N[C@@H](Cc1cnc[nH]1)C(=O)O. The van der Waals surface area contributed by atoms with Crippen molar-refractivity contribution in [3.05, 3.63) is 54.1 Å². The maximum atomic E-state index is 14.1. The van der Waals surface area contributed by atoms with Gasteiger partial charge < -0.3 is 41.4 Å². The van der Waals surface area contributed by atoms with Crippen molar-refractivity contribution in [2.45, 2.75) is 81.6 Å². The van der Waals surface area contributed by atoms with Crippen LogP contribution in [0.4, 0.5) is 0 Å². The van der Waals surface area contributed by atoms with Crippen LogP contribution in [-0.2, 0) is 36.8 Å². The summed E-state index contributed by atoms with van der Waals surface area (Å²) in [6, 6.07) is 6.44. The Kier molecular flexibility index (Phi) is 13.6. The van der Waals surface area contributed by atoms with E-state index < -0.39 is 42.1 Å². The van der Waals surface area contributed by atoms with E-state index in [4.69, 9.17) is 10.5 Å². The molecule has 7 N–H and O–H groups in total. The van der Waals surface area contributed by atoms with E-state index in [1.807, 2.05) is 30.3 Å². The Balaban J connectivity index is 1.75. The van der Waals surface area contributed by atoms with Gasteiger partial charge in [0.1, 0.15) is 12.1 Å². The molecule has 0 spiro atoms. The number of benzene rings is 1. The molecule has 2 aromatic rings. The van der Waals surface area contributed by atoms with Crippen LogP contribution in [0.1, 0.15) is 49.8 Å². The second-order valence-corrected chi connectivity index (χ2v) is 10.8. The number of ether oxygens (including phenoxy) is 1. The highest BCUT2D eigenvalue weighted by atomic mass is 16.5. The van der Waals surface area contributed by atoms with Crippen molar-refractivity contribution in [1.29, 1.82) is 0 Å². The number of hydrogen-bond acceptors (Lipinski definition) is 8.